The fraction of sp³-hybridized carbons (Fsp3) is 0.409. The molecule has 0 saturated heterocycles. The summed E-state index contributed by atoms with van der Waals surface area (Å²) in [5.74, 6) is 0.628. The molecule has 0 saturated carbocycles. The maximum absolute atomic E-state index is 12.5. The number of nitrogens with one attached hydrogen (secondary N) is 1. The molecule has 0 bridgehead atoms. The first-order chi connectivity index (χ1) is 13.8. The Morgan fingerprint density at radius 2 is 2.21 bits per heavy atom. The van der Waals surface area contributed by atoms with Gasteiger partial charge in [0.2, 0.25) is 5.91 Å². The number of carbonyl (C=O) groups is 1. The Morgan fingerprint density at radius 3 is 2.93 bits per heavy atom. The second-order valence-corrected chi connectivity index (χ2v) is 10.4. The number of aromatic nitrogens is 1. The van der Waals surface area contributed by atoms with Gasteiger partial charge in [-0.15, -0.1) is 11.3 Å². The largest absolute Gasteiger partial charge is 0.431 e. The molecule has 150 valence electrons. The smallest absolute Gasteiger partial charge is 0.257 e. The van der Waals surface area contributed by atoms with Crippen LogP contribution in [-0.4, -0.2) is 16.6 Å². The molecule has 3 aromatic rings. The molecule has 2 aromatic heterocycles. The van der Waals surface area contributed by atoms with Crippen LogP contribution in [0, 0.1) is 22.7 Å². The highest BCUT2D eigenvalue weighted by Gasteiger charge is 2.32. The number of nitriles is 1. The van der Waals surface area contributed by atoms with E-state index < -0.39 is 0 Å². The number of oxazole rings is 1. The molecule has 1 aliphatic rings. The zero-order valence-corrected chi connectivity index (χ0v) is 18.4. The molecule has 7 heteroatoms. The van der Waals surface area contributed by atoms with Crippen LogP contribution >= 0.6 is 23.1 Å². The Morgan fingerprint density at radius 1 is 1.41 bits per heavy atom. The van der Waals surface area contributed by atoms with E-state index in [0.717, 1.165) is 30.3 Å². The van der Waals surface area contributed by atoms with Crippen molar-refractivity contribution in [3.8, 4) is 6.07 Å². The van der Waals surface area contributed by atoms with Gasteiger partial charge in [0.15, 0.2) is 5.58 Å². The number of carbonyl (C=O) groups excluding carboxylic acids is 1. The summed E-state index contributed by atoms with van der Waals surface area (Å²) in [6, 6.07) is 9.83. The molecular formula is C22H23N3O2S2. The van der Waals surface area contributed by atoms with Gasteiger partial charge in [0, 0.05) is 4.88 Å². The maximum Gasteiger partial charge on any atom is 0.257 e. The van der Waals surface area contributed by atoms with Crippen molar-refractivity contribution in [2.75, 3.05) is 11.1 Å². The average Bonchev–Trinajstić information content (AvgIpc) is 3.25. The predicted molar refractivity (Wildman–Crippen MR) is 117 cm³/mol. The van der Waals surface area contributed by atoms with Gasteiger partial charge < -0.3 is 9.73 Å². The fourth-order valence-corrected chi connectivity index (χ4v) is 5.67. The van der Waals surface area contributed by atoms with E-state index >= 15 is 0 Å². The second-order valence-electron chi connectivity index (χ2n) is 8.41. The highest BCUT2D eigenvalue weighted by Crippen LogP contribution is 2.44. The number of hydrogen-bond acceptors (Lipinski definition) is 6. The van der Waals surface area contributed by atoms with Gasteiger partial charge in [-0.25, -0.2) is 4.98 Å². The minimum absolute atomic E-state index is 0.153. The highest BCUT2D eigenvalue weighted by molar-refractivity contribution is 7.99. The zero-order valence-electron chi connectivity index (χ0n) is 16.7. The summed E-state index contributed by atoms with van der Waals surface area (Å²) < 4.78 is 5.65. The van der Waals surface area contributed by atoms with Gasteiger partial charge >= 0.3 is 0 Å². The fourth-order valence-electron chi connectivity index (χ4n) is 3.73. The van der Waals surface area contributed by atoms with Gasteiger partial charge in [-0.3, -0.25) is 4.79 Å². The summed E-state index contributed by atoms with van der Waals surface area (Å²) in [6.45, 7) is 6.81. The summed E-state index contributed by atoms with van der Waals surface area (Å²) >= 11 is 2.81. The van der Waals surface area contributed by atoms with Crippen molar-refractivity contribution in [1.82, 2.24) is 4.98 Å². The van der Waals surface area contributed by atoms with Crippen molar-refractivity contribution in [3.05, 3.63) is 40.3 Å². The van der Waals surface area contributed by atoms with E-state index in [2.05, 4.69) is 37.1 Å². The van der Waals surface area contributed by atoms with Crippen LogP contribution in [0.4, 0.5) is 5.00 Å². The van der Waals surface area contributed by atoms with E-state index in [1.165, 1.54) is 16.6 Å². The summed E-state index contributed by atoms with van der Waals surface area (Å²) in [5.41, 5.74) is 3.49. The maximum atomic E-state index is 12.5. The SMILES string of the molecule is CC(C)(C)[C@H]1CCc2c(sc(NC(=O)CSc3nc4ccccc4o3)c2C#N)C1. The zero-order chi connectivity index (χ0) is 20.6. The number of para-hydroxylation sites is 2. The van der Waals surface area contributed by atoms with Crippen molar-refractivity contribution in [3.63, 3.8) is 0 Å². The van der Waals surface area contributed by atoms with Crippen LogP contribution in [0.2, 0.25) is 0 Å². The number of thioether (sulfide) groups is 1. The summed E-state index contributed by atoms with van der Waals surface area (Å²) in [4.78, 5) is 18.1. The molecular weight excluding hydrogens is 402 g/mol. The first-order valence-electron chi connectivity index (χ1n) is 9.68. The number of benzene rings is 1. The topological polar surface area (TPSA) is 78.9 Å². The minimum atomic E-state index is -0.153. The van der Waals surface area contributed by atoms with E-state index in [9.17, 15) is 10.1 Å². The molecule has 29 heavy (non-hydrogen) atoms. The van der Waals surface area contributed by atoms with Gasteiger partial charge in [-0.2, -0.15) is 5.26 Å². The molecule has 0 unspecified atom stereocenters. The molecule has 1 atom stereocenters. The number of thiophene rings is 1. The van der Waals surface area contributed by atoms with Crippen LogP contribution in [0.1, 0.15) is 43.2 Å². The lowest BCUT2D eigenvalue weighted by molar-refractivity contribution is -0.113. The Balaban J connectivity index is 1.44. The van der Waals surface area contributed by atoms with Crippen LogP contribution < -0.4 is 5.32 Å². The normalized spacial score (nSPS) is 16.4. The van der Waals surface area contributed by atoms with Crippen molar-refractivity contribution < 1.29 is 9.21 Å². The Kier molecular flexibility index (Phi) is 5.41. The number of rotatable bonds is 4. The van der Waals surface area contributed by atoms with Gasteiger partial charge in [0.1, 0.15) is 16.6 Å². The highest BCUT2D eigenvalue weighted by atomic mass is 32.2. The number of anilines is 1. The van der Waals surface area contributed by atoms with Crippen LogP contribution in [0.3, 0.4) is 0 Å². The van der Waals surface area contributed by atoms with E-state index in [-0.39, 0.29) is 17.1 Å². The molecule has 1 aliphatic carbocycles. The molecule has 4 rings (SSSR count). The van der Waals surface area contributed by atoms with E-state index in [1.807, 2.05) is 24.3 Å². The lowest BCUT2D eigenvalue weighted by atomic mass is 9.72. The van der Waals surface area contributed by atoms with Gasteiger partial charge in [0.25, 0.3) is 5.22 Å². The molecule has 0 fully saturated rings. The number of amides is 1. The van der Waals surface area contributed by atoms with Crippen LogP contribution in [-0.2, 0) is 17.6 Å². The van der Waals surface area contributed by atoms with Crippen LogP contribution in [0.25, 0.3) is 11.1 Å². The third kappa shape index (κ3) is 4.19. The Labute approximate surface area is 178 Å². The Bertz CT molecular complexity index is 1070. The van der Waals surface area contributed by atoms with E-state index in [1.54, 1.807) is 11.3 Å². The molecule has 0 aliphatic heterocycles. The van der Waals surface area contributed by atoms with Crippen molar-refractivity contribution in [1.29, 1.82) is 5.26 Å². The minimum Gasteiger partial charge on any atom is -0.431 e. The van der Waals surface area contributed by atoms with Crippen molar-refractivity contribution in [2.45, 2.75) is 45.3 Å². The second kappa shape index (κ2) is 7.85. The Hall–Kier alpha value is -2.30. The molecule has 1 aromatic carbocycles. The van der Waals surface area contributed by atoms with Crippen molar-refractivity contribution in [2.24, 2.45) is 11.3 Å². The summed E-state index contributed by atoms with van der Waals surface area (Å²) in [5, 5.41) is 13.8. The molecule has 5 nitrogen and oxygen atoms in total. The predicted octanol–water partition coefficient (Wildman–Crippen LogP) is 5.64. The molecule has 1 amide bonds. The summed E-state index contributed by atoms with van der Waals surface area (Å²) in [6.07, 6.45) is 2.97. The molecule has 0 spiro atoms. The lowest BCUT2D eigenvalue weighted by Gasteiger charge is -2.33. The number of hydrogen-bond donors (Lipinski definition) is 1. The first-order valence-corrected chi connectivity index (χ1v) is 11.5. The third-order valence-corrected chi connectivity index (χ3v) is 7.45. The quantitative estimate of drug-likeness (QED) is 0.547. The molecule has 1 N–H and O–H groups in total. The van der Waals surface area contributed by atoms with Gasteiger partial charge in [-0.05, 0) is 48.3 Å². The van der Waals surface area contributed by atoms with Crippen LogP contribution in [0.15, 0.2) is 33.9 Å². The van der Waals surface area contributed by atoms with Crippen LogP contribution in [0.5, 0.6) is 0 Å². The molecule has 0 radical (unpaired) electrons. The van der Waals surface area contributed by atoms with Crippen molar-refractivity contribution >= 4 is 45.1 Å². The summed E-state index contributed by atoms with van der Waals surface area (Å²) in [7, 11) is 0. The monoisotopic (exact) mass is 425 g/mol. The van der Waals surface area contributed by atoms with E-state index in [0.29, 0.717) is 27.3 Å². The van der Waals surface area contributed by atoms with Gasteiger partial charge in [-0.1, -0.05) is 44.7 Å². The van der Waals surface area contributed by atoms with Gasteiger partial charge in [0.05, 0.1) is 11.3 Å². The standard InChI is InChI=1S/C22H23N3O2S2/c1-22(2,3)13-8-9-14-15(11-23)20(29-18(14)10-13)25-19(26)12-28-21-24-16-6-4-5-7-17(16)27-21/h4-7,13H,8-10,12H2,1-3H3,(H,25,26)/t13-/m0/s1. The number of nitrogens with zero attached hydrogens (tertiary/aromatic N) is 2. The number of fused-ring (bicyclic) bond motifs is 2. The average molecular weight is 426 g/mol. The van der Waals surface area contributed by atoms with E-state index in [4.69, 9.17) is 4.42 Å². The molecule has 2 heterocycles. The third-order valence-electron chi connectivity index (χ3n) is 5.46. The first kappa shape index (κ1) is 20.0. The lowest BCUT2D eigenvalue weighted by Crippen LogP contribution is -2.26.